The topological polar surface area (TPSA) is 79.1 Å². The van der Waals surface area contributed by atoms with E-state index in [0.29, 0.717) is 38.7 Å². The first-order chi connectivity index (χ1) is 18.4. The van der Waals surface area contributed by atoms with Gasteiger partial charge in [0.1, 0.15) is 34.2 Å². The van der Waals surface area contributed by atoms with Gasteiger partial charge in [-0.2, -0.15) is 5.10 Å². The van der Waals surface area contributed by atoms with Crippen LogP contribution in [0.2, 0.25) is 0 Å². The van der Waals surface area contributed by atoms with Gasteiger partial charge >= 0.3 is 0 Å². The summed E-state index contributed by atoms with van der Waals surface area (Å²) in [5.41, 5.74) is 0.904. The Labute approximate surface area is 217 Å². The second-order valence-corrected chi connectivity index (χ2v) is 10.2. The van der Waals surface area contributed by atoms with E-state index in [0.717, 1.165) is 25.9 Å². The van der Waals surface area contributed by atoms with Crippen LogP contribution in [0.3, 0.4) is 0 Å². The summed E-state index contributed by atoms with van der Waals surface area (Å²) < 4.78 is 33.3. The molecule has 0 aliphatic carbocycles. The van der Waals surface area contributed by atoms with Crippen LogP contribution in [0.25, 0.3) is 43.7 Å². The molecule has 9 heteroatoms. The molecule has 0 saturated carbocycles. The van der Waals surface area contributed by atoms with Crippen molar-refractivity contribution >= 4 is 38.4 Å². The lowest BCUT2D eigenvalue weighted by molar-refractivity contribution is 0.476. The highest BCUT2D eigenvalue weighted by Crippen LogP contribution is 2.45. The van der Waals surface area contributed by atoms with E-state index >= 15 is 4.39 Å². The largest absolute Gasteiger partial charge is 0.508 e. The number of aryl methyl sites for hydroxylation is 2. The van der Waals surface area contributed by atoms with E-state index in [9.17, 15) is 9.50 Å². The number of benzene rings is 3. The van der Waals surface area contributed by atoms with E-state index in [1.54, 1.807) is 18.7 Å². The molecule has 0 spiro atoms. The van der Waals surface area contributed by atoms with Gasteiger partial charge in [0.15, 0.2) is 5.82 Å². The van der Waals surface area contributed by atoms with Crippen molar-refractivity contribution in [2.75, 3.05) is 18.0 Å². The smallest absolute Gasteiger partial charge is 0.159 e. The van der Waals surface area contributed by atoms with Gasteiger partial charge in [-0.05, 0) is 48.9 Å². The third-order valence-corrected chi connectivity index (χ3v) is 7.85. The van der Waals surface area contributed by atoms with Gasteiger partial charge in [0, 0.05) is 54.8 Å². The molecule has 190 valence electrons. The van der Waals surface area contributed by atoms with Gasteiger partial charge in [-0.1, -0.05) is 12.0 Å². The molecule has 2 saturated heterocycles. The van der Waals surface area contributed by atoms with E-state index in [1.807, 2.05) is 6.20 Å². The summed E-state index contributed by atoms with van der Waals surface area (Å²) in [4.78, 5) is 11.7. The maximum absolute atomic E-state index is 16.8. The number of fused-ring (bicyclic) bond motifs is 6. The Morgan fingerprint density at radius 1 is 1.08 bits per heavy atom. The minimum absolute atomic E-state index is 0.00183. The number of hydrogen-bond acceptors (Lipinski definition) is 6. The molecular formula is C29H24F2N6O. The molecule has 2 aromatic heterocycles. The maximum atomic E-state index is 16.8. The van der Waals surface area contributed by atoms with Crippen molar-refractivity contribution in [3.63, 3.8) is 0 Å². The van der Waals surface area contributed by atoms with Crippen LogP contribution in [-0.4, -0.2) is 50.0 Å². The van der Waals surface area contributed by atoms with Crippen molar-refractivity contribution < 1.29 is 13.9 Å². The predicted molar refractivity (Wildman–Crippen MR) is 143 cm³/mol. The summed E-state index contributed by atoms with van der Waals surface area (Å²) in [5.74, 6) is 2.27. The Hall–Kier alpha value is -4.29. The quantitative estimate of drug-likeness (QED) is 0.339. The second-order valence-electron chi connectivity index (χ2n) is 10.2. The van der Waals surface area contributed by atoms with Crippen molar-refractivity contribution in [2.24, 2.45) is 7.05 Å². The molecule has 2 atom stereocenters. The molecule has 2 fully saturated rings. The molecule has 2 aliphatic heterocycles. The fourth-order valence-corrected chi connectivity index (χ4v) is 6.36. The lowest BCUT2D eigenvalue weighted by Crippen LogP contribution is -2.52. The summed E-state index contributed by atoms with van der Waals surface area (Å²) >= 11 is 0. The molecule has 3 aromatic carbocycles. The molecule has 7 rings (SSSR count). The fraction of sp³-hybridized carbons (Fsp3) is 0.276. The van der Waals surface area contributed by atoms with Gasteiger partial charge in [-0.3, -0.25) is 4.68 Å². The number of nitrogens with one attached hydrogen (secondary N) is 1. The van der Waals surface area contributed by atoms with Gasteiger partial charge in [0.05, 0.1) is 10.9 Å². The fourth-order valence-electron chi connectivity index (χ4n) is 6.36. The predicted octanol–water partition coefficient (Wildman–Crippen LogP) is 4.55. The zero-order valence-corrected chi connectivity index (χ0v) is 20.9. The van der Waals surface area contributed by atoms with E-state index in [-0.39, 0.29) is 40.0 Å². The highest BCUT2D eigenvalue weighted by atomic mass is 19.1. The summed E-state index contributed by atoms with van der Waals surface area (Å²) in [7, 11) is 1.77. The van der Waals surface area contributed by atoms with Crippen LogP contribution in [0.1, 0.15) is 24.2 Å². The number of aromatic hydroxyl groups is 1. The number of hydrogen-bond donors (Lipinski definition) is 2. The molecule has 7 nitrogen and oxygen atoms in total. The average molecular weight is 511 g/mol. The number of aromatic nitrogens is 4. The van der Waals surface area contributed by atoms with Crippen LogP contribution in [0.4, 0.5) is 14.6 Å². The molecule has 0 radical (unpaired) electrons. The van der Waals surface area contributed by atoms with Crippen LogP contribution in [0.5, 0.6) is 5.75 Å². The zero-order chi connectivity index (χ0) is 26.3. The van der Waals surface area contributed by atoms with Crippen LogP contribution < -0.4 is 10.2 Å². The Kier molecular flexibility index (Phi) is 4.88. The number of piperazine rings is 1. The minimum atomic E-state index is -0.612. The van der Waals surface area contributed by atoms with Crippen molar-refractivity contribution in [3.05, 3.63) is 53.5 Å². The summed E-state index contributed by atoms with van der Waals surface area (Å²) in [6.45, 7) is 3.44. The SMILES string of the molecule is C#Cc1c(F)ccc2cc(O)cc(-c3c(F)c4nc(C)nc(N5C6CCC5CNC6)c4c4cn(C)nc34)c12. The first kappa shape index (κ1) is 22.9. The lowest BCUT2D eigenvalue weighted by atomic mass is 9.91. The lowest BCUT2D eigenvalue weighted by Gasteiger charge is -2.37. The first-order valence-corrected chi connectivity index (χ1v) is 12.6. The number of anilines is 1. The monoisotopic (exact) mass is 510 g/mol. The number of halogens is 2. The Morgan fingerprint density at radius 2 is 1.84 bits per heavy atom. The molecule has 4 heterocycles. The Bertz CT molecular complexity index is 1840. The molecule has 2 unspecified atom stereocenters. The number of nitrogens with zero attached hydrogens (tertiary/aromatic N) is 5. The summed E-state index contributed by atoms with van der Waals surface area (Å²) in [6, 6.07) is 6.19. The highest BCUT2D eigenvalue weighted by molar-refractivity contribution is 6.18. The van der Waals surface area contributed by atoms with E-state index in [2.05, 4.69) is 26.2 Å². The van der Waals surface area contributed by atoms with Crippen molar-refractivity contribution in [2.45, 2.75) is 31.8 Å². The number of phenols is 1. The van der Waals surface area contributed by atoms with Crippen molar-refractivity contribution in [3.8, 4) is 29.2 Å². The maximum Gasteiger partial charge on any atom is 0.159 e. The van der Waals surface area contributed by atoms with Gasteiger partial charge in [0.2, 0.25) is 0 Å². The second kappa shape index (κ2) is 8.10. The summed E-state index contributed by atoms with van der Waals surface area (Å²) in [5, 5.41) is 20.8. The van der Waals surface area contributed by atoms with Gasteiger partial charge in [-0.15, -0.1) is 6.42 Å². The van der Waals surface area contributed by atoms with Crippen LogP contribution in [0.15, 0.2) is 30.5 Å². The highest BCUT2D eigenvalue weighted by Gasteiger charge is 2.39. The zero-order valence-electron chi connectivity index (χ0n) is 20.9. The van der Waals surface area contributed by atoms with Gasteiger partial charge in [-0.25, -0.2) is 18.7 Å². The molecule has 2 N–H and O–H groups in total. The van der Waals surface area contributed by atoms with Crippen LogP contribution >= 0.6 is 0 Å². The molecule has 0 amide bonds. The molecule has 2 aliphatic rings. The number of terminal acetylenes is 1. The van der Waals surface area contributed by atoms with Gasteiger partial charge < -0.3 is 15.3 Å². The third-order valence-electron chi connectivity index (χ3n) is 7.85. The normalized spacial score (nSPS) is 19.1. The molecule has 5 aromatic rings. The Balaban J connectivity index is 1.64. The number of rotatable bonds is 2. The number of phenolic OH excluding ortho intramolecular Hbond substituents is 1. The molecule has 2 bridgehead atoms. The third kappa shape index (κ3) is 3.13. The summed E-state index contributed by atoms with van der Waals surface area (Å²) in [6.07, 6.45) is 9.61. The minimum Gasteiger partial charge on any atom is -0.508 e. The van der Waals surface area contributed by atoms with E-state index in [4.69, 9.17) is 11.4 Å². The van der Waals surface area contributed by atoms with Crippen molar-refractivity contribution in [1.82, 2.24) is 25.1 Å². The molecular weight excluding hydrogens is 486 g/mol. The molecule has 38 heavy (non-hydrogen) atoms. The standard InChI is InChI=1S/C29H24F2N6O/c1-4-19-22(30)8-5-15-9-18(38)10-20(23(15)19)24-26(31)28-25(21-13-36(3)35-27(21)24)29(34-14(2)33-28)37-16-6-7-17(37)12-32-11-16/h1,5,8-10,13,16-17,32,38H,6-7,11-12H2,2-3H3. The van der Waals surface area contributed by atoms with Crippen LogP contribution in [0, 0.1) is 30.9 Å². The van der Waals surface area contributed by atoms with Crippen molar-refractivity contribution in [1.29, 1.82) is 0 Å². The first-order valence-electron chi connectivity index (χ1n) is 12.6. The van der Waals surface area contributed by atoms with E-state index in [1.165, 1.54) is 24.3 Å². The van der Waals surface area contributed by atoms with E-state index < -0.39 is 11.6 Å². The van der Waals surface area contributed by atoms with Gasteiger partial charge in [0.25, 0.3) is 0 Å². The van der Waals surface area contributed by atoms with Crippen LogP contribution in [-0.2, 0) is 7.05 Å². The Morgan fingerprint density at radius 3 is 2.58 bits per heavy atom. The average Bonchev–Trinajstić information content (AvgIpc) is 3.38.